The molecule has 0 radical (unpaired) electrons. The third-order valence-corrected chi connectivity index (χ3v) is 2.39. The van der Waals surface area contributed by atoms with Crippen LogP contribution < -0.4 is 5.32 Å². The minimum atomic E-state index is 0.482. The minimum absolute atomic E-state index is 0.482. The maximum atomic E-state index is 5.58. The number of nitrogens with one attached hydrogen (secondary N) is 1. The average molecular weight is 208 g/mol. The Hall–Kier alpha value is -1.09. The first kappa shape index (κ1) is 12.0. The fourth-order valence-electron chi connectivity index (χ4n) is 1.76. The molecule has 15 heavy (non-hydrogen) atoms. The summed E-state index contributed by atoms with van der Waals surface area (Å²) in [6, 6.07) is 0. The van der Waals surface area contributed by atoms with E-state index in [-0.39, 0.29) is 0 Å². The monoisotopic (exact) mass is 208 g/mol. The molecule has 0 amide bonds. The van der Waals surface area contributed by atoms with Crippen LogP contribution in [-0.2, 0) is 4.74 Å². The zero-order valence-corrected chi connectivity index (χ0v) is 9.62. The van der Waals surface area contributed by atoms with Crippen molar-refractivity contribution in [2.24, 2.45) is 10.9 Å². The van der Waals surface area contributed by atoms with Crippen molar-refractivity contribution in [3.8, 4) is 0 Å². The predicted molar refractivity (Wildman–Crippen MR) is 64.2 cm³/mol. The molecule has 0 aromatic carbocycles. The van der Waals surface area contributed by atoms with Gasteiger partial charge < -0.3 is 15.0 Å². The molecule has 1 N–H and O–H groups in total. The summed E-state index contributed by atoms with van der Waals surface area (Å²) in [5.41, 5.74) is 1.24. The second-order valence-electron chi connectivity index (χ2n) is 3.63. The first-order chi connectivity index (χ1) is 7.31. The molecule has 1 rings (SSSR count). The van der Waals surface area contributed by atoms with Crippen molar-refractivity contribution in [1.29, 1.82) is 0 Å². The number of likely N-dealkylation sites (N-methyl/N-ethyl adjacent to an activating group) is 1. The van der Waals surface area contributed by atoms with Crippen LogP contribution in [0.2, 0.25) is 0 Å². The maximum Gasteiger partial charge on any atom is 0.119 e. The summed E-state index contributed by atoms with van der Waals surface area (Å²) in [5, 5.41) is 3.15. The topological polar surface area (TPSA) is 33.6 Å². The Morgan fingerprint density at radius 3 is 3.07 bits per heavy atom. The zero-order chi connectivity index (χ0) is 11.1. The SMILES string of the molecule is C=NC[C@@H]1C=C(CNC)C(OCC)=CC1. The molecule has 0 bridgehead atoms. The van der Waals surface area contributed by atoms with E-state index in [0.29, 0.717) is 5.92 Å². The number of rotatable bonds is 6. The number of allylic oxidation sites excluding steroid dienone is 1. The third kappa shape index (κ3) is 3.51. The summed E-state index contributed by atoms with van der Waals surface area (Å²) < 4.78 is 5.58. The van der Waals surface area contributed by atoms with Crippen LogP contribution >= 0.6 is 0 Å². The van der Waals surface area contributed by atoms with Gasteiger partial charge in [-0.05, 0) is 33.2 Å². The average Bonchev–Trinajstić information content (AvgIpc) is 2.23. The number of hydrogen-bond acceptors (Lipinski definition) is 3. The maximum absolute atomic E-state index is 5.58. The highest BCUT2D eigenvalue weighted by Crippen LogP contribution is 2.23. The Bertz CT molecular complexity index is 269. The van der Waals surface area contributed by atoms with Gasteiger partial charge in [0, 0.05) is 24.6 Å². The lowest BCUT2D eigenvalue weighted by molar-refractivity contribution is 0.232. The van der Waals surface area contributed by atoms with Crippen LogP contribution in [0.4, 0.5) is 0 Å². The second kappa shape index (κ2) is 6.40. The minimum Gasteiger partial charge on any atom is -0.494 e. The number of ether oxygens (including phenoxy) is 1. The summed E-state index contributed by atoms with van der Waals surface area (Å²) in [4.78, 5) is 3.94. The van der Waals surface area contributed by atoms with E-state index in [1.54, 1.807) is 0 Å². The number of aliphatic imine (C=N–C) groups is 1. The lowest BCUT2D eigenvalue weighted by Crippen LogP contribution is -2.18. The van der Waals surface area contributed by atoms with Crippen LogP contribution in [0.15, 0.2) is 28.5 Å². The quantitative estimate of drug-likeness (QED) is 0.675. The Kier molecular flexibility index (Phi) is 5.12. The molecule has 0 aliphatic heterocycles. The summed E-state index contributed by atoms with van der Waals surface area (Å²) in [7, 11) is 1.94. The van der Waals surface area contributed by atoms with Gasteiger partial charge in [0.25, 0.3) is 0 Å². The van der Waals surface area contributed by atoms with Crippen LogP contribution in [0, 0.1) is 5.92 Å². The Balaban J connectivity index is 2.68. The van der Waals surface area contributed by atoms with Crippen molar-refractivity contribution in [3.05, 3.63) is 23.5 Å². The predicted octanol–water partition coefficient (Wildman–Crippen LogP) is 1.77. The first-order valence-electron chi connectivity index (χ1n) is 5.42. The van der Waals surface area contributed by atoms with Crippen LogP contribution in [0.3, 0.4) is 0 Å². The number of nitrogens with zero attached hydrogens (tertiary/aromatic N) is 1. The van der Waals surface area contributed by atoms with Crippen molar-refractivity contribution in [2.75, 3.05) is 26.7 Å². The third-order valence-electron chi connectivity index (χ3n) is 2.39. The molecule has 0 fully saturated rings. The largest absolute Gasteiger partial charge is 0.494 e. The highest BCUT2D eigenvalue weighted by Gasteiger charge is 2.15. The van der Waals surface area contributed by atoms with Gasteiger partial charge in [-0.3, -0.25) is 0 Å². The zero-order valence-electron chi connectivity index (χ0n) is 9.62. The van der Waals surface area contributed by atoms with E-state index in [1.807, 2.05) is 14.0 Å². The fraction of sp³-hybridized carbons (Fsp3) is 0.583. The molecule has 1 atom stereocenters. The van der Waals surface area contributed by atoms with Gasteiger partial charge in [-0.2, -0.15) is 0 Å². The van der Waals surface area contributed by atoms with E-state index in [9.17, 15) is 0 Å². The fourth-order valence-corrected chi connectivity index (χ4v) is 1.76. The summed E-state index contributed by atoms with van der Waals surface area (Å²) in [6.45, 7) is 7.90. The number of hydrogen-bond donors (Lipinski definition) is 1. The van der Waals surface area contributed by atoms with Gasteiger partial charge >= 0.3 is 0 Å². The van der Waals surface area contributed by atoms with Crippen LogP contribution in [0.5, 0.6) is 0 Å². The summed E-state index contributed by atoms with van der Waals surface area (Å²) in [5.74, 6) is 1.50. The van der Waals surface area contributed by atoms with Crippen molar-refractivity contribution in [2.45, 2.75) is 13.3 Å². The molecule has 1 aliphatic carbocycles. The van der Waals surface area contributed by atoms with Crippen molar-refractivity contribution in [3.63, 3.8) is 0 Å². The Morgan fingerprint density at radius 1 is 1.67 bits per heavy atom. The molecule has 1 aliphatic rings. The van der Waals surface area contributed by atoms with Crippen LogP contribution in [-0.4, -0.2) is 33.5 Å². The normalized spacial score (nSPS) is 20.5. The molecule has 0 aromatic heterocycles. The molecule has 3 heteroatoms. The van der Waals surface area contributed by atoms with Gasteiger partial charge in [0.2, 0.25) is 0 Å². The van der Waals surface area contributed by atoms with Crippen molar-refractivity contribution >= 4 is 6.72 Å². The molecule has 0 saturated carbocycles. The van der Waals surface area contributed by atoms with Gasteiger partial charge in [0.05, 0.1) is 6.61 Å². The summed E-state index contributed by atoms with van der Waals surface area (Å²) in [6.07, 6.45) is 5.41. The molecule has 84 valence electrons. The second-order valence-corrected chi connectivity index (χ2v) is 3.63. The first-order valence-corrected chi connectivity index (χ1v) is 5.42. The van der Waals surface area contributed by atoms with E-state index >= 15 is 0 Å². The molecular weight excluding hydrogens is 188 g/mol. The lowest BCUT2D eigenvalue weighted by atomic mass is 9.95. The molecule has 0 unspecified atom stereocenters. The highest BCUT2D eigenvalue weighted by molar-refractivity contribution is 5.32. The van der Waals surface area contributed by atoms with Gasteiger partial charge in [0.1, 0.15) is 5.76 Å². The van der Waals surface area contributed by atoms with Crippen LogP contribution in [0.25, 0.3) is 0 Å². The van der Waals surface area contributed by atoms with Gasteiger partial charge in [-0.1, -0.05) is 6.08 Å². The Labute approximate surface area is 91.9 Å². The van der Waals surface area contributed by atoms with Crippen molar-refractivity contribution in [1.82, 2.24) is 5.32 Å². The van der Waals surface area contributed by atoms with E-state index in [1.165, 1.54) is 5.57 Å². The molecule has 0 saturated heterocycles. The smallest absolute Gasteiger partial charge is 0.119 e. The van der Waals surface area contributed by atoms with E-state index in [4.69, 9.17) is 4.74 Å². The standard InChI is InChI=1S/C12H20N2O/c1-4-15-12-6-5-10(8-13-2)7-11(12)9-14-3/h6-7,10,14H,2,4-5,8-9H2,1,3H3/t10-/m0/s1. The van der Waals surface area contributed by atoms with E-state index in [0.717, 1.165) is 31.9 Å². The van der Waals surface area contributed by atoms with E-state index in [2.05, 4.69) is 29.2 Å². The van der Waals surface area contributed by atoms with Crippen LogP contribution in [0.1, 0.15) is 13.3 Å². The molecule has 0 aromatic rings. The van der Waals surface area contributed by atoms with Gasteiger partial charge in [-0.25, -0.2) is 0 Å². The van der Waals surface area contributed by atoms with Gasteiger partial charge in [-0.15, -0.1) is 0 Å². The highest BCUT2D eigenvalue weighted by atomic mass is 16.5. The molecular formula is C12H20N2O. The molecule has 3 nitrogen and oxygen atoms in total. The Morgan fingerprint density at radius 2 is 2.47 bits per heavy atom. The van der Waals surface area contributed by atoms with E-state index < -0.39 is 0 Å². The summed E-state index contributed by atoms with van der Waals surface area (Å²) >= 11 is 0. The van der Waals surface area contributed by atoms with Crippen molar-refractivity contribution < 1.29 is 4.74 Å². The molecule has 0 spiro atoms. The molecule has 0 heterocycles. The van der Waals surface area contributed by atoms with Gasteiger partial charge in [0.15, 0.2) is 0 Å². The lowest BCUT2D eigenvalue weighted by Gasteiger charge is -2.20.